The summed E-state index contributed by atoms with van der Waals surface area (Å²) in [4.78, 5) is 12.9. The van der Waals surface area contributed by atoms with Gasteiger partial charge in [0.25, 0.3) is 5.91 Å². The summed E-state index contributed by atoms with van der Waals surface area (Å²) in [6.07, 6.45) is 0. The van der Waals surface area contributed by atoms with Crippen molar-refractivity contribution in [2.24, 2.45) is 0 Å². The predicted octanol–water partition coefficient (Wildman–Crippen LogP) is 3.54. The van der Waals surface area contributed by atoms with Crippen LogP contribution in [0, 0.1) is 0 Å². The smallest absolute Gasteiger partial charge is 0.254 e. The van der Waals surface area contributed by atoms with Gasteiger partial charge in [0, 0.05) is 9.35 Å². The predicted molar refractivity (Wildman–Crippen MR) is 75.2 cm³/mol. The monoisotopic (exact) mass is 365 g/mol. The van der Waals surface area contributed by atoms with Crippen molar-refractivity contribution in [3.63, 3.8) is 0 Å². The van der Waals surface area contributed by atoms with Crippen molar-refractivity contribution in [2.45, 2.75) is 6.54 Å². The van der Waals surface area contributed by atoms with Gasteiger partial charge in [-0.1, -0.05) is 23.2 Å². The second-order valence-electron chi connectivity index (χ2n) is 3.25. The molecule has 0 saturated carbocycles. The third kappa shape index (κ3) is 3.20. The standard InChI is InChI=1S/C10H6BrCl2N3OS/c11-6-1-2-18-7(6)4-14-10(17)5-3-8(12)15-16-9(5)13/h1-3H,4H2,(H,14,17). The Hall–Kier alpha value is -0.690. The molecule has 0 aliphatic carbocycles. The van der Waals surface area contributed by atoms with Crippen molar-refractivity contribution in [3.05, 3.63) is 42.7 Å². The summed E-state index contributed by atoms with van der Waals surface area (Å²) in [5, 5.41) is 12.0. The Labute approximate surface area is 125 Å². The largest absolute Gasteiger partial charge is 0.347 e. The zero-order valence-corrected chi connectivity index (χ0v) is 12.7. The molecule has 0 aromatic carbocycles. The highest BCUT2D eigenvalue weighted by atomic mass is 79.9. The van der Waals surface area contributed by atoms with Crippen molar-refractivity contribution in [1.29, 1.82) is 0 Å². The van der Waals surface area contributed by atoms with E-state index in [1.165, 1.54) is 6.07 Å². The first-order chi connectivity index (χ1) is 8.58. The maximum Gasteiger partial charge on any atom is 0.254 e. The van der Waals surface area contributed by atoms with Gasteiger partial charge in [-0.3, -0.25) is 4.79 Å². The van der Waals surface area contributed by atoms with Gasteiger partial charge in [0.05, 0.1) is 12.1 Å². The molecule has 0 unspecified atom stereocenters. The van der Waals surface area contributed by atoms with E-state index in [1.807, 2.05) is 11.4 Å². The van der Waals surface area contributed by atoms with E-state index in [1.54, 1.807) is 11.3 Å². The SMILES string of the molecule is O=C(NCc1sccc1Br)c1cc(Cl)nnc1Cl. The maximum absolute atomic E-state index is 11.9. The lowest BCUT2D eigenvalue weighted by Gasteiger charge is -2.05. The zero-order chi connectivity index (χ0) is 13.1. The van der Waals surface area contributed by atoms with E-state index in [0.29, 0.717) is 6.54 Å². The summed E-state index contributed by atoms with van der Waals surface area (Å²) in [5.74, 6) is -0.336. The van der Waals surface area contributed by atoms with Crippen molar-refractivity contribution >= 4 is 56.4 Å². The Morgan fingerprint density at radius 2 is 2.22 bits per heavy atom. The van der Waals surface area contributed by atoms with E-state index in [2.05, 4.69) is 31.4 Å². The molecular formula is C10H6BrCl2N3OS. The summed E-state index contributed by atoms with van der Waals surface area (Å²) in [7, 11) is 0. The molecule has 0 atom stereocenters. The molecule has 0 saturated heterocycles. The van der Waals surface area contributed by atoms with Crippen molar-refractivity contribution < 1.29 is 4.79 Å². The van der Waals surface area contributed by atoms with Gasteiger partial charge < -0.3 is 5.32 Å². The highest BCUT2D eigenvalue weighted by Crippen LogP contribution is 2.22. The number of amides is 1. The minimum atomic E-state index is -0.336. The quantitative estimate of drug-likeness (QED) is 0.903. The Kier molecular flexibility index (Phi) is 4.55. The van der Waals surface area contributed by atoms with E-state index in [-0.39, 0.29) is 21.8 Å². The second kappa shape index (κ2) is 5.97. The van der Waals surface area contributed by atoms with Crippen molar-refractivity contribution in [3.8, 4) is 0 Å². The molecule has 18 heavy (non-hydrogen) atoms. The number of halogens is 3. The van der Waals surface area contributed by atoms with Gasteiger partial charge in [0.15, 0.2) is 10.3 Å². The first-order valence-corrected chi connectivity index (χ1v) is 7.19. The number of carbonyl (C=O) groups is 1. The Morgan fingerprint density at radius 1 is 1.44 bits per heavy atom. The summed E-state index contributed by atoms with van der Waals surface area (Å²) in [6, 6.07) is 3.31. The van der Waals surface area contributed by atoms with Gasteiger partial charge in [-0.2, -0.15) is 0 Å². The van der Waals surface area contributed by atoms with Crippen LogP contribution in [0.25, 0.3) is 0 Å². The molecule has 2 rings (SSSR count). The molecule has 1 amide bonds. The van der Waals surface area contributed by atoms with E-state index in [4.69, 9.17) is 23.2 Å². The van der Waals surface area contributed by atoms with Crippen LogP contribution in [0.5, 0.6) is 0 Å². The average molecular weight is 367 g/mol. The highest BCUT2D eigenvalue weighted by molar-refractivity contribution is 9.10. The molecule has 0 fully saturated rings. The lowest BCUT2D eigenvalue weighted by Crippen LogP contribution is -2.23. The second-order valence-corrected chi connectivity index (χ2v) is 5.85. The van der Waals surface area contributed by atoms with Crippen LogP contribution in [-0.2, 0) is 6.54 Å². The molecule has 0 radical (unpaired) electrons. The molecule has 2 aromatic rings. The number of carbonyl (C=O) groups excluding carboxylic acids is 1. The van der Waals surface area contributed by atoms with Crippen LogP contribution in [-0.4, -0.2) is 16.1 Å². The summed E-state index contributed by atoms with van der Waals surface area (Å²) >= 11 is 16.4. The highest BCUT2D eigenvalue weighted by Gasteiger charge is 2.13. The number of nitrogens with zero attached hydrogens (tertiary/aromatic N) is 2. The van der Waals surface area contributed by atoms with E-state index in [9.17, 15) is 4.79 Å². The molecule has 0 bridgehead atoms. The molecule has 0 aliphatic heterocycles. The number of thiophene rings is 1. The third-order valence-electron chi connectivity index (χ3n) is 2.06. The van der Waals surface area contributed by atoms with Gasteiger partial charge in [0.1, 0.15) is 0 Å². The average Bonchev–Trinajstić information content (AvgIpc) is 2.75. The van der Waals surface area contributed by atoms with Crippen LogP contribution in [0.15, 0.2) is 22.0 Å². The Bertz CT molecular complexity index is 590. The number of nitrogens with one attached hydrogen (secondary N) is 1. The summed E-state index contributed by atoms with van der Waals surface area (Å²) in [5.41, 5.74) is 0.212. The molecule has 8 heteroatoms. The lowest BCUT2D eigenvalue weighted by atomic mass is 10.3. The van der Waals surface area contributed by atoms with Crippen LogP contribution in [0.4, 0.5) is 0 Å². The summed E-state index contributed by atoms with van der Waals surface area (Å²) in [6.45, 7) is 0.410. The van der Waals surface area contributed by atoms with E-state index in [0.717, 1.165) is 9.35 Å². The molecule has 94 valence electrons. The fourth-order valence-corrected chi connectivity index (χ4v) is 2.98. The molecule has 0 aliphatic rings. The normalized spacial score (nSPS) is 10.4. The van der Waals surface area contributed by atoms with Gasteiger partial charge in [-0.15, -0.1) is 21.5 Å². The number of rotatable bonds is 3. The zero-order valence-electron chi connectivity index (χ0n) is 8.78. The first kappa shape index (κ1) is 13.7. The van der Waals surface area contributed by atoms with Gasteiger partial charge in [0.2, 0.25) is 0 Å². The topological polar surface area (TPSA) is 54.9 Å². The van der Waals surface area contributed by atoms with Crippen LogP contribution >= 0.6 is 50.5 Å². The van der Waals surface area contributed by atoms with Crippen LogP contribution in [0.3, 0.4) is 0 Å². The van der Waals surface area contributed by atoms with Gasteiger partial charge in [-0.25, -0.2) is 0 Å². The van der Waals surface area contributed by atoms with Crippen molar-refractivity contribution in [1.82, 2.24) is 15.5 Å². The Morgan fingerprint density at radius 3 is 2.89 bits per heavy atom. The number of hydrogen-bond acceptors (Lipinski definition) is 4. The molecule has 2 heterocycles. The van der Waals surface area contributed by atoms with Crippen LogP contribution < -0.4 is 5.32 Å². The first-order valence-electron chi connectivity index (χ1n) is 4.76. The fourth-order valence-electron chi connectivity index (χ4n) is 1.22. The molecule has 4 nitrogen and oxygen atoms in total. The van der Waals surface area contributed by atoms with Crippen LogP contribution in [0.2, 0.25) is 10.3 Å². The third-order valence-corrected chi connectivity index (χ3v) is 4.45. The molecular weight excluding hydrogens is 361 g/mol. The van der Waals surface area contributed by atoms with E-state index < -0.39 is 0 Å². The molecule has 0 spiro atoms. The van der Waals surface area contributed by atoms with E-state index >= 15 is 0 Å². The van der Waals surface area contributed by atoms with Gasteiger partial charge in [-0.05, 0) is 33.4 Å². The Balaban J connectivity index is 2.08. The van der Waals surface area contributed by atoms with Crippen LogP contribution in [0.1, 0.15) is 15.2 Å². The fraction of sp³-hybridized carbons (Fsp3) is 0.100. The number of aromatic nitrogens is 2. The molecule has 1 N–H and O–H groups in total. The summed E-state index contributed by atoms with van der Waals surface area (Å²) < 4.78 is 0.963. The van der Waals surface area contributed by atoms with Gasteiger partial charge >= 0.3 is 0 Å². The molecule has 2 aromatic heterocycles. The minimum absolute atomic E-state index is 0.0298. The lowest BCUT2D eigenvalue weighted by molar-refractivity contribution is 0.0951. The number of hydrogen-bond donors (Lipinski definition) is 1. The minimum Gasteiger partial charge on any atom is -0.347 e. The van der Waals surface area contributed by atoms with Crippen molar-refractivity contribution in [2.75, 3.05) is 0 Å². The maximum atomic E-state index is 11.9.